The van der Waals surface area contributed by atoms with Gasteiger partial charge in [-0.1, -0.05) is 0 Å². The smallest absolute Gasteiger partial charge is 0.337 e. The molecule has 3 amide bonds. The molecule has 3 rings (SSSR count). The minimum Gasteiger partial charge on any atom is -0.465 e. The summed E-state index contributed by atoms with van der Waals surface area (Å²) in [6.45, 7) is 5.34. The van der Waals surface area contributed by atoms with Gasteiger partial charge in [-0.25, -0.2) is 14.6 Å². The highest BCUT2D eigenvalue weighted by Crippen LogP contribution is 2.28. The summed E-state index contributed by atoms with van der Waals surface area (Å²) in [5.74, 6) is -0.555. The first-order valence-corrected chi connectivity index (χ1v) is 10.4. The van der Waals surface area contributed by atoms with Crippen LogP contribution in [0.25, 0.3) is 0 Å². The molecular weight excluding hydrogens is 406 g/mol. The van der Waals surface area contributed by atoms with Crippen LogP contribution in [0.4, 0.5) is 15.6 Å². The first kappa shape index (κ1) is 21.7. The lowest BCUT2D eigenvalue weighted by Gasteiger charge is -2.25. The van der Waals surface area contributed by atoms with Gasteiger partial charge < -0.3 is 15.4 Å². The molecule has 0 fully saturated rings. The van der Waals surface area contributed by atoms with Gasteiger partial charge in [0.15, 0.2) is 5.13 Å². The number of rotatable bonds is 6. The van der Waals surface area contributed by atoms with Crippen LogP contribution in [0.15, 0.2) is 24.3 Å². The second-order valence-electron chi connectivity index (χ2n) is 7.22. The third kappa shape index (κ3) is 5.77. The Hall–Kier alpha value is -2.98. The molecule has 0 bridgehead atoms. The molecule has 0 spiro atoms. The number of nitrogens with one attached hydrogen (secondary N) is 3. The van der Waals surface area contributed by atoms with Gasteiger partial charge in [-0.15, -0.1) is 11.3 Å². The maximum absolute atomic E-state index is 12.4. The average Bonchev–Trinajstić information content (AvgIpc) is 3.08. The van der Waals surface area contributed by atoms with Crippen LogP contribution in [0.1, 0.15) is 34.8 Å². The van der Waals surface area contributed by atoms with Gasteiger partial charge in [0.05, 0.1) is 24.9 Å². The summed E-state index contributed by atoms with van der Waals surface area (Å²) in [5, 5.41) is 8.93. The molecule has 9 nitrogen and oxygen atoms in total. The summed E-state index contributed by atoms with van der Waals surface area (Å²) in [6, 6.07) is 6.32. The van der Waals surface area contributed by atoms with Gasteiger partial charge in [-0.2, -0.15) is 0 Å². The van der Waals surface area contributed by atoms with Crippen LogP contribution in [0.5, 0.6) is 0 Å². The third-order valence-electron chi connectivity index (χ3n) is 4.41. The van der Waals surface area contributed by atoms with E-state index in [9.17, 15) is 14.4 Å². The zero-order valence-electron chi connectivity index (χ0n) is 17.2. The number of urea groups is 1. The summed E-state index contributed by atoms with van der Waals surface area (Å²) in [4.78, 5) is 43.3. The molecular formula is C20H25N5O4S. The number of aromatic nitrogens is 1. The van der Waals surface area contributed by atoms with E-state index in [0.717, 1.165) is 17.0 Å². The molecule has 0 radical (unpaired) electrons. The van der Waals surface area contributed by atoms with Gasteiger partial charge in [-0.3, -0.25) is 15.0 Å². The Morgan fingerprint density at radius 2 is 1.93 bits per heavy atom. The minimum atomic E-state index is -0.419. The van der Waals surface area contributed by atoms with Crippen molar-refractivity contribution in [2.45, 2.75) is 32.9 Å². The number of anilines is 2. The molecule has 1 aromatic heterocycles. The van der Waals surface area contributed by atoms with E-state index in [0.29, 0.717) is 29.5 Å². The van der Waals surface area contributed by atoms with Crippen molar-refractivity contribution in [3.63, 3.8) is 0 Å². The van der Waals surface area contributed by atoms with Crippen LogP contribution in [0.2, 0.25) is 0 Å². The lowest BCUT2D eigenvalue weighted by molar-refractivity contribution is -0.117. The molecule has 0 unspecified atom stereocenters. The SMILES string of the molecule is COC(=O)c1ccc(NC(=O)CN2CCc3nc(NC(=O)NC(C)C)sc3C2)cc1. The minimum absolute atomic E-state index is 0.0465. The van der Waals surface area contributed by atoms with Gasteiger partial charge in [0.25, 0.3) is 0 Å². The van der Waals surface area contributed by atoms with Crippen molar-refractivity contribution in [2.24, 2.45) is 0 Å². The number of ether oxygens (including phenoxy) is 1. The number of carbonyl (C=O) groups is 3. The second-order valence-corrected chi connectivity index (χ2v) is 8.30. The van der Waals surface area contributed by atoms with E-state index < -0.39 is 5.97 Å². The third-order valence-corrected chi connectivity index (χ3v) is 5.41. The first-order valence-electron chi connectivity index (χ1n) is 9.60. The predicted octanol–water partition coefficient (Wildman–Crippen LogP) is 2.46. The molecule has 1 aliphatic heterocycles. The fourth-order valence-corrected chi connectivity index (χ4v) is 4.09. The molecule has 30 heavy (non-hydrogen) atoms. The zero-order valence-corrected chi connectivity index (χ0v) is 18.0. The van der Waals surface area contributed by atoms with Crippen LogP contribution >= 0.6 is 11.3 Å². The summed E-state index contributed by atoms with van der Waals surface area (Å²) in [5.41, 5.74) is 2.01. The fraction of sp³-hybridized carbons (Fsp3) is 0.400. The molecule has 1 aromatic carbocycles. The maximum Gasteiger partial charge on any atom is 0.337 e. The largest absolute Gasteiger partial charge is 0.465 e. The Balaban J connectivity index is 1.52. The van der Waals surface area contributed by atoms with E-state index in [-0.39, 0.29) is 24.5 Å². The van der Waals surface area contributed by atoms with E-state index in [1.54, 1.807) is 24.3 Å². The Labute approximate surface area is 178 Å². The van der Waals surface area contributed by atoms with Gasteiger partial charge in [0.2, 0.25) is 5.91 Å². The van der Waals surface area contributed by atoms with Gasteiger partial charge in [-0.05, 0) is 38.1 Å². The summed E-state index contributed by atoms with van der Waals surface area (Å²) in [6.07, 6.45) is 0.723. The number of methoxy groups -OCH3 is 1. The van der Waals surface area contributed by atoms with E-state index >= 15 is 0 Å². The van der Waals surface area contributed by atoms with E-state index in [1.807, 2.05) is 18.7 Å². The molecule has 2 heterocycles. The maximum atomic E-state index is 12.4. The van der Waals surface area contributed by atoms with Crippen LogP contribution in [-0.4, -0.2) is 54.0 Å². The lowest BCUT2D eigenvalue weighted by atomic mass is 10.2. The molecule has 2 aromatic rings. The predicted molar refractivity (Wildman–Crippen MR) is 115 cm³/mol. The number of hydrogen-bond donors (Lipinski definition) is 3. The molecule has 0 saturated heterocycles. The molecule has 0 aliphatic carbocycles. The van der Waals surface area contributed by atoms with Crippen molar-refractivity contribution < 1.29 is 19.1 Å². The highest BCUT2D eigenvalue weighted by atomic mass is 32.1. The lowest BCUT2D eigenvalue weighted by Crippen LogP contribution is -2.36. The van der Waals surface area contributed by atoms with Crippen LogP contribution < -0.4 is 16.0 Å². The quantitative estimate of drug-likeness (QED) is 0.606. The number of benzene rings is 1. The monoisotopic (exact) mass is 431 g/mol. The molecule has 1 aliphatic rings. The van der Waals surface area contributed by atoms with Crippen molar-refractivity contribution in [1.29, 1.82) is 0 Å². The second kappa shape index (κ2) is 9.68. The van der Waals surface area contributed by atoms with Crippen molar-refractivity contribution >= 4 is 40.1 Å². The average molecular weight is 432 g/mol. The van der Waals surface area contributed by atoms with Crippen LogP contribution in [0, 0.1) is 0 Å². The first-order chi connectivity index (χ1) is 14.3. The summed E-state index contributed by atoms with van der Waals surface area (Å²) < 4.78 is 4.66. The van der Waals surface area contributed by atoms with E-state index in [2.05, 4.69) is 25.7 Å². The fourth-order valence-electron chi connectivity index (χ4n) is 3.04. The van der Waals surface area contributed by atoms with Crippen molar-refractivity contribution in [1.82, 2.24) is 15.2 Å². The zero-order chi connectivity index (χ0) is 21.7. The van der Waals surface area contributed by atoms with Crippen LogP contribution in [0.3, 0.4) is 0 Å². The van der Waals surface area contributed by atoms with Crippen molar-refractivity contribution in [3.8, 4) is 0 Å². The number of nitrogens with zero attached hydrogens (tertiary/aromatic N) is 2. The Kier molecular flexibility index (Phi) is 7.01. The molecule has 3 N–H and O–H groups in total. The summed E-state index contributed by atoms with van der Waals surface area (Å²) >= 11 is 1.43. The van der Waals surface area contributed by atoms with Gasteiger partial charge >= 0.3 is 12.0 Å². The van der Waals surface area contributed by atoms with Gasteiger partial charge in [0, 0.05) is 36.1 Å². The molecule has 10 heteroatoms. The Bertz CT molecular complexity index is 926. The van der Waals surface area contributed by atoms with Crippen LogP contribution in [-0.2, 0) is 22.5 Å². The summed E-state index contributed by atoms with van der Waals surface area (Å²) in [7, 11) is 1.32. The highest BCUT2D eigenvalue weighted by molar-refractivity contribution is 7.15. The normalized spacial score (nSPS) is 13.5. The number of carbonyl (C=O) groups excluding carboxylic acids is 3. The van der Waals surface area contributed by atoms with Gasteiger partial charge in [0.1, 0.15) is 0 Å². The number of esters is 1. The topological polar surface area (TPSA) is 113 Å². The van der Waals surface area contributed by atoms with E-state index in [1.165, 1.54) is 18.4 Å². The molecule has 160 valence electrons. The Morgan fingerprint density at radius 3 is 2.60 bits per heavy atom. The number of thiazole rings is 1. The number of fused-ring (bicyclic) bond motifs is 1. The van der Waals surface area contributed by atoms with Crippen molar-refractivity contribution in [2.75, 3.05) is 30.8 Å². The Morgan fingerprint density at radius 1 is 1.20 bits per heavy atom. The molecule has 0 saturated carbocycles. The highest BCUT2D eigenvalue weighted by Gasteiger charge is 2.23. The number of hydrogen-bond acceptors (Lipinski definition) is 7. The van der Waals surface area contributed by atoms with E-state index in [4.69, 9.17) is 0 Å². The van der Waals surface area contributed by atoms with Crippen molar-refractivity contribution in [3.05, 3.63) is 40.4 Å². The number of amides is 3. The standard InChI is InChI=1S/C20H25N5O4S/c1-12(2)21-19(28)24-20-23-15-8-9-25(10-16(15)30-20)11-17(26)22-14-6-4-13(5-7-14)18(27)29-3/h4-7,12H,8-11H2,1-3H3,(H,22,26)(H2,21,23,24,28). The molecule has 0 atom stereocenters.